The van der Waals surface area contributed by atoms with Crippen molar-refractivity contribution >= 4 is 23.0 Å². The minimum Gasteiger partial charge on any atom is -0.463 e. The zero-order valence-electron chi connectivity index (χ0n) is 18.7. The number of halogens is 1. The summed E-state index contributed by atoms with van der Waals surface area (Å²) < 4.78 is 34.0. The van der Waals surface area contributed by atoms with Gasteiger partial charge in [0.05, 0.1) is 19.5 Å². The number of carbonyl (C=O) groups excluding carboxylic acids is 1. The SMILES string of the molecule is CCCCC(=O)OC[C@H]1O[C@H](n2cnc3c(N4CCOCC4)ncnc32)[C@](C)(F)[C@]1(C)O. The maximum absolute atomic E-state index is 15.9. The van der Waals surface area contributed by atoms with E-state index in [1.54, 1.807) is 0 Å². The van der Waals surface area contributed by atoms with E-state index in [0.717, 1.165) is 6.42 Å². The van der Waals surface area contributed by atoms with E-state index >= 15 is 4.39 Å². The van der Waals surface area contributed by atoms with Crippen molar-refractivity contribution in [3.8, 4) is 0 Å². The molecule has 10 nitrogen and oxygen atoms in total. The zero-order chi connectivity index (χ0) is 22.9. The summed E-state index contributed by atoms with van der Waals surface area (Å²) in [6.45, 7) is 6.86. The van der Waals surface area contributed by atoms with Gasteiger partial charge >= 0.3 is 5.97 Å². The third kappa shape index (κ3) is 3.93. The number of alkyl halides is 1. The molecule has 2 aliphatic heterocycles. The van der Waals surface area contributed by atoms with Crippen molar-refractivity contribution in [2.24, 2.45) is 0 Å². The normalized spacial score (nSPS) is 30.7. The predicted octanol–water partition coefficient (Wildman–Crippen LogP) is 1.77. The highest BCUT2D eigenvalue weighted by Crippen LogP contribution is 2.49. The fraction of sp³-hybridized carbons (Fsp3) is 0.714. The molecule has 0 radical (unpaired) electrons. The van der Waals surface area contributed by atoms with Crippen molar-refractivity contribution in [2.75, 3.05) is 37.8 Å². The number of anilines is 1. The first-order valence-corrected chi connectivity index (χ1v) is 11.0. The summed E-state index contributed by atoms with van der Waals surface area (Å²) >= 11 is 0. The molecule has 2 fully saturated rings. The number of imidazole rings is 1. The standard InChI is InChI=1S/C21H30FN5O5/c1-4-5-6-15(28)31-11-14-21(3,29)20(2,22)19(32-14)27-13-25-16-17(23-12-24-18(16)27)26-7-9-30-10-8-26/h12-14,19,29H,4-11H2,1-3H3/t14-,19+,20+,21-/m1/s1. The Labute approximate surface area is 185 Å². The summed E-state index contributed by atoms with van der Waals surface area (Å²) in [7, 11) is 0. The van der Waals surface area contributed by atoms with Crippen LogP contribution in [0.5, 0.6) is 0 Å². The van der Waals surface area contributed by atoms with Gasteiger partial charge in [-0.25, -0.2) is 19.3 Å². The summed E-state index contributed by atoms with van der Waals surface area (Å²) in [4.78, 5) is 27.0. The molecule has 0 aromatic carbocycles. The van der Waals surface area contributed by atoms with Gasteiger partial charge in [-0.2, -0.15) is 0 Å². The van der Waals surface area contributed by atoms with Crippen LogP contribution < -0.4 is 4.90 Å². The Morgan fingerprint density at radius 3 is 2.78 bits per heavy atom. The molecule has 2 aliphatic rings. The van der Waals surface area contributed by atoms with Crippen molar-refractivity contribution in [1.82, 2.24) is 19.5 Å². The lowest BCUT2D eigenvalue weighted by atomic mass is 9.84. The summed E-state index contributed by atoms with van der Waals surface area (Å²) in [6, 6.07) is 0. The molecule has 0 unspecified atom stereocenters. The monoisotopic (exact) mass is 451 g/mol. The molecule has 4 rings (SSSR count). The number of unbranched alkanes of at least 4 members (excludes halogenated alkanes) is 1. The molecule has 0 saturated carbocycles. The number of fused-ring (bicyclic) bond motifs is 1. The van der Waals surface area contributed by atoms with Gasteiger partial charge in [0.1, 0.15) is 24.6 Å². The first-order chi connectivity index (χ1) is 15.3. The van der Waals surface area contributed by atoms with Crippen LogP contribution in [0.25, 0.3) is 11.2 Å². The van der Waals surface area contributed by atoms with E-state index in [9.17, 15) is 9.90 Å². The molecule has 4 atom stereocenters. The molecular formula is C21H30FN5O5. The van der Waals surface area contributed by atoms with Crippen LogP contribution in [0.15, 0.2) is 12.7 Å². The Morgan fingerprint density at radius 1 is 1.31 bits per heavy atom. The van der Waals surface area contributed by atoms with Gasteiger partial charge in [-0.15, -0.1) is 0 Å². The van der Waals surface area contributed by atoms with E-state index in [0.29, 0.717) is 49.7 Å². The third-order valence-electron chi connectivity index (χ3n) is 6.41. The Balaban J connectivity index is 1.59. The maximum Gasteiger partial charge on any atom is 0.305 e. The van der Waals surface area contributed by atoms with E-state index in [2.05, 4.69) is 15.0 Å². The number of rotatable bonds is 7. The average Bonchev–Trinajstić information content (AvgIpc) is 3.28. The van der Waals surface area contributed by atoms with Crippen LogP contribution >= 0.6 is 0 Å². The Bertz CT molecular complexity index is 959. The molecule has 0 aliphatic carbocycles. The number of aromatic nitrogens is 4. The lowest BCUT2D eigenvalue weighted by Gasteiger charge is -2.33. The van der Waals surface area contributed by atoms with Gasteiger partial charge in [0.25, 0.3) is 0 Å². The van der Waals surface area contributed by atoms with E-state index in [-0.39, 0.29) is 13.0 Å². The highest BCUT2D eigenvalue weighted by molar-refractivity contribution is 5.83. The van der Waals surface area contributed by atoms with E-state index in [4.69, 9.17) is 14.2 Å². The molecule has 0 bridgehead atoms. The molecule has 1 N–H and O–H groups in total. The number of morpholine rings is 1. The number of hydrogen-bond donors (Lipinski definition) is 1. The third-order valence-corrected chi connectivity index (χ3v) is 6.41. The van der Waals surface area contributed by atoms with Crippen molar-refractivity contribution in [2.45, 2.75) is 63.6 Å². The van der Waals surface area contributed by atoms with Gasteiger partial charge in [0, 0.05) is 19.5 Å². The second-order valence-corrected chi connectivity index (χ2v) is 8.61. The summed E-state index contributed by atoms with van der Waals surface area (Å²) in [5, 5.41) is 11.0. The van der Waals surface area contributed by atoms with Crippen molar-refractivity contribution in [3.63, 3.8) is 0 Å². The fourth-order valence-electron chi connectivity index (χ4n) is 4.09. The second-order valence-electron chi connectivity index (χ2n) is 8.61. The van der Waals surface area contributed by atoms with E-state index in [1.807, 2.05) is 11.8 Å². The van der Waals surface area contributed by atoms with E-state index < -0.39 is 29.6 Å². The summed E-state index contributed by atoms with van der Waals surface area (Å²) in [5.41, 5.74) is -3.19. The largest absolute Gasteiger partial charge is 0.463 e. The maximum atomic E-state index is 15.9. The predicted molar refractivity (Wildman–Crippen MR) is 113 cm³/mol. The van der Waals surface area contributed by atoms with Crippen LogP contribution in [0.3, 0.4) is 0 Å². The van der Waals surface area contributed by atoms with Crippen LogP contribution in [0.4, 0.5) is 10.2 Å². The molecule has 11 heteroatoms. The molecule has 0 spiro atoms. The van der Waals surface area contributed by atoms with Crippen LogP contribution in [-0.2, 0) is 19.0 Å². The van der Waals surface area contributed by atoms with Crippen molar-refractivity contribution in [3.05, 3.63) is 12.7 Å². The number of aliphatic hydroxyl groups is 1. The van der Waals surface area contributed by atoms with Gasteiger partial charge in [-0.05, 0) is 20.3 Å². The summed E-state index contributed by atoms with van der Waals surface area (Å²) in [6.07, 6.45) is 2.42. The quantitative estimate of drug-likeness (QED) is 0.630. The lowest BCUT2D eigenvalue weighted by Crippen LogP contribution is -2.52. The number of hydrogen-bond acceptors (Lipinski definition) is 9. The molecule has 4 heterocycles. The van der Waals surface area contributed by atoms with E-state index in [1.165, 1.54) is 31.1 Å². The average molecular weight is 451 g/mol. The van der Waals surface area contributed by atoms with Gasteiger partial charge < -0.3 is 24.2 Å². The Morgan fingerprint density at radius 2 is 2.06 bits per heavy atom. The zero-order valence-corrected chi connectivity index (χ0v) is 18.7. The molecule has 2 aromatic rings. The van der Waals surface area contributed by atoms with Crippen molar-refractivity contribution in [1.29, 1.82) is 0 Å². The van der Waals surface area contributed by atoms with Crippen LogP contribution in [0.2, 0.25) is 0 Å². The molecular weight excluding hydrogens is 421 g/mol. The highest BCUT2D eigenvalue weighted by Gasteiger charge is 2.63. The summed E-state index contributed by atoms with van der Waals surface area (Å²) in [5.74, 6) is 0.245. The Hall–Kier alpha value is -2.37. The number of ether oxygens (including phenoxy) is 3. The second kappa shape index (κ2) is 8.87. The smallest absolute Gasteiger partial charge is 0.305 e. The topological polar surface area (TPSA) is 112 Å². The highest BCUT2D eigenvalue weighted by atomic mass is 19.1. The lowest BCUT2D eigenvalue weighted by molar-refractivity contribution is -0.153. The molecule has 2 aromatic heterocycles. The first kappa shape index (κ1) is 22.8. The minimum absolute atomic E-state index is 0.244. The molecule has 0 amide bonds. The number of nitrogens with zero attached hydrogens (tertiary/aromatic N) is 5. The van der Waals surface area contributed by atoms with Gasteiger partial charge in [0.2, 0.25) is 0 Å². The van der Waals surface area contributed by atoms with Gasteiger partial charge in [0.15, 0.2) is 28.9 Å². The fourth-order valence-corrected chi connectivity index (χ4v) is 4.09. The first-order valence-electron chi connectivity index (χ1n) is 11.0. The van der Waals surface area contributed by atoms with Gasteiger partial charge in [-0.1, -0.05) is 13.3 Å². The minimum atomic E-state index is -2.20. The Kier molecular flexibility index (Phi) is 6.33. The van der Waals surface area contributed by atoms with Crippen LogP contribution in [-0.4, -0.2) is 80.9 Å². The van der Waals surface area contributed by atoms with Crippen LogP contribution in [0, 0.1) is 0 Å². The van der Waals surface area contributed by atoms with Crippen LogP contribution in [0.1, 0.15) is 46.3 Å². The molecule has 176 valence electrons. The molecule has 2 saturated heterocycles. The van der Waals surface area contributed by atoms with Gasteiger partial charge in [-0.3, -0.25) is 9.36 Å². The number of esters is 1. The van der Waals surface area contributed by atoms with Crippen molar-refractivity contribution < 1.29 is 28.5 Å². The molecule has 32 heavy (non-hydrogen) atoms. The number of carbonyl (C=O) groups is 1.